The monoisotopic (exact) mass is 254 g/mol. The van der Waals surface area contributed by atoms with Gasteiger partial charge < -0.3 is 20.1 Å². The molecule has 1 N–H and O–H groups in total. The van der Waals surface area contributed by atoms with E-state index >= 15 is 0 Å². The van der Waals surface area contributed by atoms with Crippen molar-refractivity contribution in [2.75, 3.05) is 19.7 Å². The summed E-state index contributed by atoms with van der Waals surface area (Å²) in [4.78, 5) is 23.4. The summed E-state index contributed by atoms with van der Waals surface area (Å²) in [5.41, 5.74) is 0. The summed E-state index contributed by atoms with van der Waals surface area (Å²) in [6.45, 7) is 1.23. The van der Waals surface area contributed by atoms with Gasteiger partial charge in [0.05, 0.1) is 17.4 Å². The summed E-state index contributed by atoms with van der Waals surface area (Å²) in [6.07, 6.45) is 2.21. The van der Waals surface area contributed by atoms with Crippen LogP contribution >= 0.6 is 0 Å². The van der Waals surface area contributed by atoms with E-state index in [1.807, 2.05) is 0 Å². The fourth-order valence-corrected chi connectivity index (χ4v) is 1.98. The van der Waals surface area contributed by atoms with Crippen molar-refractivity contribution in [2.45, 2.75) is 13.0 Å². The number of likely N-dealkylation sites (tertiary alicyclic amines) is 1. The van der Waals surface area contributed by atoms with Gasteiger partial charge in [0.2, 0.25) is 5.91 Å². The van der Waals surface area contributed by atoms with Gasteiger partial charge in [0.1, 0.15) is 6.54 Å². The maximum Gasteiger partial charge on any atom is 0.389 e. The van der Waals surface area contributed by atoms with E-state index in [0.29, 0.717) is 13.1 Å². The number of nitrogens with zero attached hydrogens (tertiary/aromatic N) is 4. The molecule has 1 saturated heterocycles. The van der Waals surface area contributed by atoms with Gasteiger partial charge in [0, 0.05) is 25.6 Å². The number of aliphatic hydroxyl groups is 1. The summed E-state index contributed by atoms with van der Waals surface area (Å²) >= 11 is 0. The van der Waals surface area contributed by atoms with Crippen molar-refractivity contribution in [3.63, 3.8) is 0 Å². The van der Waals surface area contributed by atoms with Crippen LogP contribution in [0.25, 0.3) is 0 Å². The number of hydrogen-bond donors (Lipinski definition) is 1. The van der Waals surface area contributed by atoms with E-state index < -0.39 is 4.92 Å². The molecule has 8 nitrogen and oxygen atoms in total. The minimum absolute atomic E-state index is 0.00795. The molecule has 0 spiro atoms. The molecule has 1 unspecified atom stereocenters. The molecular formula is C10H14N4O4. The van der Waals surface area contributed by atoms with E-state index in [1.165, 1.54) is 16.9 Å². The zero-order valence-electron chi connectivity index (χ0n) is 9.73. The Bertz CT molecular complexity index is 458. The lowest BCUT2D eigenvalue weighted by molar-refractivity contribution is -0.389. The molecular weight excluding hydrogens is 240 g/mol. The van der Waals surface area contributed by atoms with Crippen LogP contribution in [0.2, 0.25) is 0 Å². The smallest absolute Gasteiger partial charge is 0.389 e. The van der Waals surface area contributed by atoms with Crippen LogP contribution in [0.3, 0.4) is 0 Å². The Balaban J connectivity index is 1.93. The van der Waals surface area contributed by atoms with E-state index in [9.17, 15) is 14.9 Å². The van der Waals surface area contributed by atoms with Crippen LogP contribution in [0.1, 0.15) is 6.42 Å². The van der Waals surface area contributed by atoms with Crippen LogP contribution in [0.15, 0.2) is 12.3 Å². The van der Waals surface area contributed by atoms with Crippen LogP contribution in [0, 0.1) is 16.0 Å². The predicted molar refractivity (Wildman–Crippen MR) is 60.7 cm³/mol. The largest absolute Gasteiger partial charge is 0.396 e. The SMILES string of the molecule is O=C(Cn1ccc([N+](=O)[O-])n1)N1CCC(CO)C1. The zero-order chi connectivity index (χ0) is 13.1. The molecule has 8 heteroatoms. The summed E-state index contributed by atoms with van der Waals surface area (Å²) in [5, 5.41) is 23.1. The van der Waals surface area contributed by atoms with Gasteiger partial charge in [0.15, 0.2) is 0 Å². The van der Waals surface area contributed by atoms with E-state index in [-0.39, 0.29) is 30.8 Å². The number of amides is 1. The first-order valence-electron chi connectivity index (χ1n) is 5.66. The van der Waals surface area contributed by atoms with Crippen molar-refractivity contribution in [2.24, 2.45) is 5.92 Å². The molecule has 0 bridgehead atoms. The summed E-state index contributed by atoms with van der Waals surface area (Å²) in [6, 6.07) is 1.26. The number of aromatic nitrogens is 2. The average molecular weight is 254 g/mol. The number of rotatable bonds is 4. The van der Waals surface area contributed by atoms with Crippen molar-refractivity contribution in [3.8, 4) is 0 Å². The molecule has 0 aliphatic carbocycles. The lowest BCUT2D eigenvalue weighted by Crippen LogP contribution is -2.32. The van der Waals surface area contributed by atoms with Crippen molar-refractivity contribution in [1.29, 1.82) is 0 Å². The fourth-order valence-electron chi connectivity index (χ4n) is 1.98. The second-order valence-electron chi connectivity index (χ2n) is 4.31. The van der Waals surface area contributed by atoms with Gasteiger partial charge in [-0.2, -0.15) is 4.68 Å². The molecule has 2 rings (SSSR count). The Hall–Kier alpha value is -1.96. The molecule has 1 amide bonds. The first-order valence-corrected chi connectivity index (χ1v) is 5.66. The number of carbonyl (C=O) groups excluding carboxylic acids is 1. The molecule has 0 saturated carbocycles. The summed E-state index contributed by atoms with van der Waals surface area (Å²) in [5.74, 6) is -0.262. The Labute approximate surface area is 103 Å². The third-order valence-corrected chi connectivity index (χ3v) is 3.01. The second kappa shape index (κ2) is 5.13. The van der Waals surface area contributed by atoms with Crippen LogP contribution in [0.5, 0.6) is 0 Å². The molecule has 2 heterocycles. The van der Waals surface area contributed by atoms with E-state index in [1.54, 1.807) is 4.90 Å². The normalized spacial score (nSPS) is 19.2. The molecule has 1 aliphatic rings. The number of carbonyl (C=O) groups is 1. The van der Waals surface area contributed by atoms with Crippen LogP contribution < -0.4 is 0 Å². The van der Waals surface area contributed by atoms with Gasteiger partial charge in [-0.15, -0.1) is 0 Å². The Kier molecular flexibility index (Phi) is 3.56. The Morgan fingerprint density at radius 2 is 2.44 bits per heavy atom. The van der Waals surface area contributed by atoms with E-state index in [2.05, 4.69) is 5.10 Å². The molecule has 18 heavy (non-hydrogen) atoms. The highest BCUT2D eigenvalue weighted by Gasteiger charge is 2.26. The molecule has 0 aromatic carbocycles. The molecule has 1 aromatic heterocycles. The Morgan fingerprint density at radius 1 is 1.67 bits per heavy atom. The number of aliphatic hydroxyl groups excluding tert-OH is 1. The average Bonchev–Trinajstić information content (AvgIpc) is 2.96. The molecule has 1 fully saturated rings. The van der Waals surface area contributed by atoms with E-state index in [0.717, 1.165) is 6.42 Å². The maximum absolute atomic E-state index is 11.9. The Morgan fingerprint density at radius 3 is 3.00 bits per heavy atom. The highest BCUT2D eigenvalue weighted by Crippen LogP contribution is 2.16. The molecule has 98 valence electrons. The van der Waals surface area contributed by atoms with Crippen LogP contribution in [-0.4, -0.2) is 50.3 Å². The first kappa shape index (κ1) is 12.5. The second-order valence-corrected chi connectivity index (χ2v) is 4.31. The van der Waals surface area contributed by atoms with Crippen LogP contribution in [0.4, 0.5) is 5.82 Å². The maximum atomic E-state index is 11.9. The third-order valence-electron chi connectivity index (χ3n) is 3.01. The molecule has 1 aromatic rings. The fraction of sp³-hybridized carbons (Fsp3) is 0.600. The lowest BCUT2D eigenvalue weighted by Gasteiger charge is -2.14. The first-order chi connectivity index (χ1) is 8.60. The van der Waals surface area contributed by atoms with E-state index in [4.69, 9.17) is 5.11 Å². The quantitative estimate of drug-likeness (QED) is 0.583. The molecule has 1 atom stereocenters. The summed E-state index contributed by atoms with van der Waals surface area (Å²) in [7, 11) is 0. The highest BCUT2D eigenvalue weighted by molar-refractivity contribution is 5.76. The lowest BCUT2D eigenvalue weighted by atomic mass is 10.1. The van der Waals surface area contributed by atoms with Crippen molar-refractivity contribution >= 4 is 11.7 Å². The van der Waals surface area contributed by atoms with Crippen molar-refractivity contribution in [3.05, 3.63) is 22.4 Å². The van der Waals surface area contributed by atoms with Crippen molar-refractivity contribution in [1.82, 2.24) is 14.7 Å². The number of hydrogen-bond acceptors (Lipinski definition) is 5. The minimum atomic E-state index is -0.599. The zero-order valence-corrected chi connectivity index (χ0v) is 9.73. The topological polar surface area (TPSA) is 102 Å². The van der Waals surface area contributed by atoms with Gasteiger partial charge in [-0.05, 0) is 11.3 Å². The standard InChI is InChI=1S/C10H14N4O4/c15-7-8-1-3-12(5-8)10(16)6-13-4-2-9(11-13)14(17)18/h2,4,8,15H,1,3,5-7H2. The van der Waals surface area contributed by atoms with Gasteiger partial charge in [-0.1, -0.05) is 0 Å². The van der Waals surface area contributed by atoms with Gasteiger partial charge in [0.25, 0.3) is 0 Å². The minimum Gasteiger partial charge on any atom is -0.396 e. The molecule has 1 aliphatic heterocycles. The highest BCUT2D eigenvalue weighted by atomic mass is 16.6. The van der Waals surface area contributed by atoms with Gasteiger partial charge in [-0.25, -0.2) is 0 Å². The van der Waals surface area contributed by atoms with Crippen molar-refractivity contribution < 1.29 is 14.8 Å². The van der Waals surface area contributed by atoms with Gasteiger partial charge >= 0.3 is 5.82 Å². The number of nitro groups is 1. The predicted octanol–water partition coefficient (Wildman–Crippen LogP) is -0.368. The molecule has 0 radical (unpaired) electrons. The van der Waals surface area contributed by atoms with Gasteiger partial charge in [-0.3, -0.25) is 4.79 Å². The third kappa shape index (κ3) is 2.65. The van der Waals surface area contributed by atoms with Crippen LogP contribution in [-0.2, 0) is 11.3 Å². The summed E-state index contributed by atoms with van der Waals surface area (Å²) < 4.78 is 1.26.